The molecule has 9 atom stereocenters. The second kappa shape index (κ2) is 12.1. The Morgan fingerprint density at radius 3 is 2.18 bits per heavy atom. The minimum Gasteiger partial charge on any atom is -0.478 e. The van der Waals surface area contributed by atoms with Crippen LogP contribution in [0.4, 0.5) is 0 Å². The van der Waals surface area contributed by atoms with E-state index in [9.17, 15) is 19.8 Å². The summed E-state index contributed by atoms with van der Waals surface area (Å²) in [6, 6.07) is 7.55. The first-order valence-corrected chi connectivity index (χ1v) is 19.5. The van der Waals surface area contributed by atoms with Crippen LogP contribution in [0.15, 0.2) is 42.5 Å². The van der Waals surface area contributed by atoms with Gasteiger partial charge in [0.15, 0.2) is 0 Å². The number of amides is 1. The smallest absolute Gasteiger partial charge is 0.335 e. The number of carbonyl (C=O) groups excluding carboxylic acids is 1. The Morgan fingerprint density at radius 2 is 1.55 bits per heavy atom. The van der Waals surface area contributed by atoms with Gasteiger partial charge in [-0.15, -0.1) is 0 Å². The second-order valence-corrected chi connectivity index (χ2v) is 18.6. The van der Waals surface area contributed by atoms with E-state index in [1.165, 1.54) is 36.8 Å². The molecule has 268 valence electrons. The number of carbonyl (C=O) groups is 2. The number of fused-ring (bicyclic) bond motifs is 7. The molecule has 1 saturated heterocycles. The summed E-state index contributed by atoms with van der Waals surface area (Å²) in [6.45, 7) is 23.8. The van der Waals surface area contributed by atoms with E-state index in [4.69, 9.17) is 0 Å². The molecule has 7 rings (SSSR count). The van der Waals surface area contributed by atoms with Crippen LogP contribution in [-0.2, 0) is 4.79 Å². The molecule has 0 spiro atoms. The number of carboxylic acid groups (broad SMARTS) is 1. The molecular weight excluding hydrogens is 608 g/mol. The maximum Gasteiger partial charge on any atom is 0.335 e. The maximum atomic E-state index is 14.8. The zero-order valence-corrected chi connectivity index (χ0v) is 31.2. The maximum absolute atomic E-state index is 14.8. The van der Waals surface area contributed by atoms with Gasteiger partial charge >= 0.3 is 5.97 Å². The van der Waals surface area contributed by atoms with E-state index < -0.39 is 5.97 Å². The zero-order valence-electron chi connectivity index (χ0n) is 31.2. The zero-order chi connectivity index (χ0) is 35.1. The Bertz CT molecular complexity index is 1520. The van der Waals surface area contributed by atoms with Crippen LogP contribution in [0.2, 0.25) is 0 Å². The highest BCUT2D eigenvalue weighted by molar-refractivity contribution is 5.88. The van der Waals surface area contributed by atoms with E-state index >= 15 is 0 Å². The first kappa shape index (κ1) is 35.0. The second-order valence-electron chi connectivity index (χ2n) is 18.6. The van der Waals surface area contributed by atoms with Crippen molar-refractivity contribution in [2.24, 2.45) is 56.7 Å². The third kappa shape index (κ3) is 4.99. The van der Waals surface area contributed by atoms with Gasteiger partial charge in [-0.05, 0) is 139 Å². The van der Waals surface area contributed by atoms with Gasteiger partial charge in [0.05, 0.1) is 17.6 Å². The van der Waals surface area contributed by atoms with E-state index in [0.717, 1.165) is 63.8 Å². The average molecular weight is 671 g/mol. The van der Waals surface area contributed by atoms with Crippen molar-refractivity contribution in [3.8, 4) is 0 Å². The van der Waals surface area contributed by atoms with Crippen molar-refractivity contribution in [3.05, 3.63) is 53.6 Å². The lowest BCUT2D eigenvalue weighted by Gasteiger charge is -2.72. The number of piperazine rings is 1. The van der Waals surface area contributed by atoms with Crippen LogP contribution in [0.3, 0.4) is 0 Å². The van der Waals surface area contributed by atoms with Crippen LogP contribution < -0.4 is 0 Å². The molecule has 0 aromatic heterocycles. The van der Waals surface area contributed by atoms with E-state index in [1.54, 1.807) is 12.1 Å². The summed E-state index contributed by atoms with van der Waals surface area (Å²) in [5, 5.41) is 19.0. The number of aliphatic hydroxyl groups is 1. The third-order valence-corrected chi connectivity index (χ3v) is 16.6. The number of nitrogens with zero attached hydrogens (tertiary/aromatic N) is 2. The SMILES string of the molecule is C=C(C)[C@@H]1CC[C@]2(C(=O)N3CCN(CCO)CC3)CC[C@]3(C)[C@H](CCC4[C@@]5(C)CC=C(c6ccc(C(=O)O)cc6)C(C)(C)C5CC[C@]43C)C12. The van der Waals surface area contributed by atoms with Crippen molar-refractivity contribution < 1.29 is 19.8 Å². The van der Waals surface area contributed by atoms with Crippen LogP contribution in [0, 0.1) is 56.7 Å². The Hall–Kier alpha value is -2.44. The highest BCUT2D eigenvalue weighted by Gasteiger charge is 2.71. The number of aromatic carboxylic acids is 1. The van der Waals surface area contributed by atoms with Gasteiger partial charge in [0.25, 0.3) is 0 Å². The number of aliphatic hydroxyl groups excluding tert-OH is 1. The summed E-state index contributed by atoms with van der Waals surface area (Å²) in [4.78, 5) is 30.9. The summed E-state index contributed by atoms with van der Waals surface area (Å²) >= 11 is 0. The topological polar surface area (TPSA) is 81.1 Å². The van der Waals surface area contributed by atoms with Crippen molar-refractivity contribution in [3.63, 3.8) is 0 Å². The van der Waals surface area contributed by atoms with Gasteiger partial charge in [-0.1, -0.05) is 65.0 Å². The van der Waals surface area contributed by atoms with Crippen molar-refractivity contribution in [2.45, 2.75) is 99.3 Å². The number of carboxylic acids is 1. The largest absolute Gasteiger partial charge is 0.478 e. The summed E-state index contributed by atoms with van der Waals surface area (Å²) < 4.78 is 0. The van der Waals surface area contributed by atoms with Crippen LogP contribution in [0.5, 0.6) is 0 Å². The summed E-state index contributed by atoms with van der Waals surface area (Å²) in [7, 11) is 0. The molecule has 5 aliphatic carbocycles. The number of rotatable bonds is 6. The Balaban J connectivity index is 1.20. The highest BCUT2D eigenvalue weighted by atomic mass is 16.4. The van der Waals surface area contributed by atoms with Crippen molar-refractivity contribution in [1.29, 1.82) is 0 Å². The van der Waals surface area contributed by atoms with Crippen LogP contribution in [0.25, 0.3) is 5.57 Å². The molecule has 0 bridgehead atoms. The standard InChI is InChI=1S/C43H62N2O4/c1-28(2)31-14-19-43(38(49)45-24-22-44(23-25-45)26-27-46)21-20-41(6)33(36(31)43)12-13-35-40(5)17-15-32(29-8-10-30(11-9-29)37(47)48)39(3,4)34(40)16-18-42(35,41)7/h8-11,15,31,33-36,46H,1,12-14,16-27H2,2-7H3,(H,47,48)/t31-,33+,34?,35?,36?,40-,41+,42+,43-/m0/s1. The van der Waals surface area contributed by atoms with Gasteiger partial charge in [-0.25, -0.2) is 4.79 Å². The normalized spacial score (nSPS) is 41.5. The Morgan fingerprint density at radius 1 is 0.857 bits per heavy atom. The Kier molecular flexibility index (Phi) is 8.62. The molecule has 1 aliphatic heterocycles. The fraction of sp³-hybridized carbons (Fsp3) is 0.721. The minimum atomic E-state index is -0.875. The van der Waals surface area contributed by atoms with Crippen LogP contribution in [0.1, 0.15) is 115 Å². The molecule has 6 nitrogen and oxygen atoms in total. The number of benzene rings is 1. The van der Waals surface area contributed by atoms with Gasteiger partial charge in [0.2, 0.25) is 5.91 Å². The Labute approximate surface area is 295 Å². The number of hydrogen-bond acceptors (Lipinski definition) is 4. The fourth-order valence-corrected chi connectivity index (χ4v) is 14.0. The molecule has 6 heteroatoms. The molecule has 1 heterocycles. The van der Waals surface area contributed by atoms with Gasteiger partial charge < -0.3 is 15.1 Å². The van der Waals surface area contributed by atoms with E-state index in [1.807, 2.05) is 12.1 Å². The first-order valence-electron chi connectivity index (χ1n) is 19.5. The van der Waals surface area contributed by atoms with Gasteiger partial charge in [-0.3, -0.25) is 9.69 Å². The number of β-amino-alcohol motifs (C(OH)–C–C–N with tert-alkyl or cyclic N) is 1. The highest BCUT2D eigenvalue weighted by Crippen LogP contribution is 2.78. The molecule has 2 N–H and O–H groups in total. The predicted octanol–water partition coefficient (Wildman–Crippen LogP) is 8.17. The quantitative estimate of drug-likeness (QED) is 0.299. The monoisotopic (exact) mass is 670 g/mol. The average Bonchev–Trinajstić information content (AvgIpc) is 3.46. The molecule has 1 aromatic carbocycles. The van der Waals surface area contributed by atoms with Crippen molar-refractivity contribution in [1.82, 2.24) is 9.80 Å². The van der Waals surface area contributed by atoms with Crippen molar-refractivity contribution >= 4 is 17.4 Å². The van der Waals surface area contributed by atoms with Gasteiger partial charge in [0.1, 0.15) is 0 Å². The predicted molar refractivity (Wildman–Crippen MR) is 196 cm³/mol. The number of hydrogen-bond donors (Lipinski definition) is 2. The van der Waals surface area contributed by atoms with Crippen molar-refractivity contribution in [2.75, 3.05) is 39.3 Å². The lowest BCUT2D eigenvalue weighted by molar-refractivity contribution is -0.226. The van der Waals surface area contributed by atoms with E-state index in [0.29, 0.717) is 47.6 Å². The number of allylic oxidation sites excluding steroid dienone is 3. The molecule has 0 radical (unpaired) electrons. The first-order chi connectivity index (χ1) is 23.1. The third-order valence-electron chi connectivity index (χ3n) is 16.6. The molecule has 49 heavy (non-hydrogen) atoms. The van der Waals surface area contributed by atoms with E-state index in [2.05, 4.69) is 64.0 Å². The fourth-order valence-electron chi connectivity index (χ4n) is 14.0. The van der Waals surface area contributed by atoms with E-state index in [-0.39, 0.29) is 33.7 Å². The molecule has 1 aromatic rings. The van der Waals surface area contributed by atoms with Gasteiger partial charge in [0, 0.05) is 32.7 Å². The van der Waals surface area contributed by atoms with Crippen LogP contribution >= 0.6 is 0 Å². The molecule has 4 saturated carbocycles. The van der Waals surface area contributed by atoms with Crippen LogP contribution in [-0.4, -0.2) is 71.2 Å². The molecule has 1 amide bonds. The summed E-state index contributed by atoms with van der Waals surface area (Å²) in [5.41, 5.74) is 4.46. The molecular formula is C43H62N2O4. The molecule has 6 aliphatic rings. The summed E-state index contributed by atoms with van der Waals surface area (Å²) in [5.74, 6) is 2.06. The molecule has 5 fully saturated rings. The molecule has 3 unspecified atom stereocenters. The van der Waals surface area contributed by atoms with Gasteiger partial charge in [-0.2, -0.15) is 0 Å². The lowest BCUT2D eigenvalue weighted by Crippen LogP contribution is -2.66. The minimum absolute atomic E-state index is 0.0112. The summed E-state index contributed by atoms with van der Waals surface area (Å²) in [6.07, 6.45) is 12.7. The lowest BCUT2D eigenvalue weighted by atomic mass is 9.32.